The molecule has 15 nitrogen and oxygen atoms in total. The number of alkyl halides is 2. The van der Waals surface area contributed by atoms with E-state index >= 15 is 4.39 Å². The van der Waals surface area contributed by atoms with Crippen LogP contribution < -0.4 is 5.56 Å². The quantitative estimate of drug-likeness (QED) is 0.198. The van der Waals surface area contributed by atoms with Crippen molar-refractivity contribution in [1.29, 1.82) is 0 Å². The van der Waals surface area contributed by atoms with E-state index in [1.54, 1.807) is 0 Å². The summed E-state index contributed by atoms with van der Waals surface area (Å²) in [5.41, 5.74) is -4.07. The van der Waals surface area contributed by atoms with E-state index in [0.29, 0.717) is 4.57 Å². The SMILES string of the molecule is O=c1ccn([C@@H]2O[C@H](OP(=O)(O)OP(=O)(O)OP(=O)(O)O)[C@H](O)C2(F)CF)c(=S)[nH]1. The van der Waals surface area contributed by atoms with Crippen LogP contribution in [0.15, 0.2) is 17.1 Å². The molecule has 6 N–H and O–H groups in total. The summed E-state index contributed by atoms with van der Waals surface area (Å²) in [6, 6.07) is 0.833. The molecule has 1 aliphatic rings. The molecule has 0 spiro atoms. The number of phosphoric ester groups is 1. The number of nitrogens with zero attached hydrogens (tertiary/aromatic N) is 1. The summed E-state index contributed by atoms with van der Waals surface area (Å²) in [5.74, 6) is 0. The van der Waals surface area contributed by atoms with Gasteiger partial charge in [0.05, 0.1) is 0 Å². The van der Waals surface area contributed by atoms with Crippen LogP contribution in [0, 0.1) is 4.77 Å². The van der Waals surface area contributed by atoms with Gasteiger partial charge in [-0.05, 0) is 12.2 Å². The van der Waals surface area contributed by atoms with Crippen LogP contribution in [0.1, 0.15) is 6.23 Å². The van der Waals surface area contributed by atoms with Crippen LogP contribution in [0.25, 0.3) is 0 Å². The Bertz CT molecular complexity index is 1060. The minimum absolute atomic E-state index is 0.492. The Morgan fingerprint density at radius 1 is 1.23 bits per heavy atom. The standard InChI is InChI=1S/C9H13F2N2O13P3S/c10-3-9(11)5(15)6(23-7(9)13-2-1-4(14)12-8(13)30)24-28(19,20)26-29(21,22)25-27(16,17)18/h1-2,5-7,15H,3H2,(H,19,20)(H,21,22)(H,12,14,30)(H2,16,17,18)/t5-,6+,7+,9?/m0/s1. The molecule has 3 unspecified atom stereocenters. The highest BCUT2D eigenvalue weighted by molar-refractivity contribution is 7.71. The van der Waals surface area contributed by atoms with Crippen molar-refractivity contribution in [2.75, 3.05) is 6.67 Å². The molecule has 0 bridgehead atoms. The third kappa shape index (κ3) is 5.95. The Labute approximate surface area is 169 Å². The summed E-state index contributed by atoms with van der Waals surface area (Å²) in [4.78, 5) is 48.7. The van der Waals surface area contributed by atoms with E-state index < -0.39 is 64.8 Å². The molecule has 1 aliphatic heterocycles. The number of H-pyrrole nitrogens is 1. The number of ether oxygens (including phenoxy) is 1. The molecule has 0 radical (unpaired) electrons. The molecule has 2 rings (SSSR count). The van der Waals surface area contributed by atoms with Crippen molar-refractivity contribution in [3.8, 4) is 0 Å². The molecule has 172 valence electrons. The van der Waals surface area contributed by atoms with E-state index in [1.165, 1.54) is 0 Å². The first-order valence-electron chi connectivity index (χ1n) is 7.22. The van der Waals surface area contributed by atoms with Gasteiger partial charge >= 0.3 is 23.5 Å². The highest BCUT2D eigenvalue weighted by Crippen LogP contribution is 2.67. The predicted molar refractivity (Wildman–Crippen MR) is 90.6 cm³/mol. The lowest BCUT2D eigenvalue weighted by Crippen LogP contribution is -2.45. The number of aliphatic hydroxyl groups is 1. The van der Waals surface area contributed by atoms with E-state index in [1.807, 2.05) is 4.98 Å². The van der Waals surface area contributed by atoms with Gasteiger partial charge in [-0.2, -0.15) is 8.62 Å². The summed E-state index contributed by atoms with van der Waals surface area (Å²) in [7, 11) is -17.4. The number of hydrogen-bond acceptors (Lipinski definition) is 10. The van der Waals surface area contributed by atoms with Crippen molar-refractivity contribution < 1.29 is 65.0 Å². The van der Waals surface area contributed by atoms with Gasteiger partial charge in [0.2, 0.25) is 12.0 Å². The zero-order valence-electron chi connectivity index (χ0n) is 14.0. The van der Waals surface area contributed by atoms with Crippen molar-refractivity contribution >= 4 is 35.7 Å². The summed E-state index contributed by atoms with van der Waals surface area (Å²) in [5, 5.41) is 9.97. The van der Waals surface area contributed by atoms with Crippen LogP contribution >= 0.6 is 35.7 Å². The smallest absolute Gasteiger partial charge is 0.384 e. The molecule has 0 saturated carbocycles. The van der Waals surface area contributed by atoms with E-state index in [9.17, 15) is 32.9 Å². The van der Waals surface area contributed by atoms with Crippen molar-refractivity contribution in [2.45, 2.75) is 24.3 Å². The van der Waals surface area contributed by atoms with Gasteiger partial charge in [-0.15, -0.1) is 0 Å². The summed E-state index contributed by atoms with van der Waals surface area (Å²) in [6.07, 6.45) is -6.46. The maximum atomic E-state index is 15.0. The molecule has 1 fully saturated rings. The normalized spacial score (nSPS) is 31.2. The van der Waals surface area contributed by atoms with Gasteiger partial charge in [0.1, 0.15) is 12.8 Å². The fourth-order valence-electron chi connectivity index (χ4n) is 2.25. The van der Waals surface area contributed by atoms with E-state index in [0.717, 1.165) is 12.3 Å². The van der Waals surface area contributed by atoms with Crippen molar-refractivity contribution in [3.63, 3.8) is 0 Å². The number of aromatic amines is 1. The number of phosphoric acid groups is 3. The van der Waals surface area contributed by atoms with E-state index in [4.69, 9.17) is 31.6 Å². The monoisotopic (exact) mass is 520 g/mol. The third-order valence-corrected chi connectivity index (χ3v) is 7.50. The van der Waals surface area contributed by atoms with Crippen LogP contribution in [0.3, 0.4) is 0 Å². The number of halogens is 2. The van der Waals surface area contributed by atoms with Crippen LogP contribution in [0.2, 0.25) is 0 Å². The van der Waals surface area contributed by atoms with Gasteiger partial charge in [0.25, 0.3) is 5.56 Å². The zero-order chi connectivity index (χ0) is 23.1. The Kier molecular flexibility index (Phi) is 7.39. The minimum Gasteiger partial charge on any atom is -0.384 e. The van der Waals surface area contributed by atoms with Gasteiger partial charge in [-0.25, -0.2) is 22.5 Å². The van der Waals surface area contributed by atoms with Gasteiger partial charge in [0.15, 0.2) is 11.0 Å². The highest BCUT2D eigenvalue weighted by Gasteiger charge is 2.61. The van der Waals surface area contributed by atoms with Crippen molar-refractivity contribution in [2.24, 2.45) is 0 Å². The first-order valence-corrected chi connectivity index (χ1v) is 12.1. The lowest BCUT2D eigenvalue weighted by atomic mass is 10.0. The molecule has 1 aromatic rings. The van der Waals surface area contributed by atoms with Gasteiger partial charge < -0.3 is 29.4 Å². The molecular formula is C9H13F2N2O13P3S. The first kappa shape index (κ1) is 25.5. The molecule has 1 aromatic heterocycles. The molecule has 0 aromatic carbocycles. The molecule has 0 amide bonds. The zero-order valence-corrected chi connectivity index (χ0v) is 17.5. The fraction of sp³-hybridized carbons (Fsp3) is 0.556. The minimum atomic E-state index is -5.91. The number of hydrogen-bond donors (Lipinski definition) is 6. The molecule has 6 atom stereocenters. The molecule has 1 saturated heterocycles. The second-order valence-electron chi connectivity index (χ2n) is 5.58. The van der Waals surface area contributed by atoms with Crippen molar-refractivity contribution in [3.05, 3.63) is 27.4 Å². The number of rotatable bonds is 8. The Balaban J connectivity index is 2.29. The molecular weight excluding hydrogens is 507 g/mol. The Hall–Kier alpha value is -0.710. The van der Waals surface area contributed by atoms with Gasteiger partial charge in [0, 0.05) is 12.3 Å². The second kappa shape index (κ2) is 8.67. The van der Waals surface area contributed by atoms with Crippen LogP contribution in [0.4, 0.5) is 8.78 Å². The molecule has 2 heterocycles. The maximum Gasteiger partial charge on any atom is 0.490 e. The first-order chi connectivity index (χ1) is 13.5. The van der Waals surface area contributed by atoms with Gasteiger partial charge in [-0.3, -0.25) is 18.9 Å². The van der Waals surface area contributed by atoms with E-state index in [2.05, 4.69) is 13.1 Å². The summed E-state index contributed by atoms with van der Waals surface area (Å²) in [6.45, 7) is -1.95. The molecule has 0 aliphatic carbocycles. The van der Waals surface area contributed by atoms with Gasteiger partial charge in [-0.1, -0.05) is 0 Å². The van der Waals surface area contributed by atoms with E-state index in [-0.39, 0.29) is 0 Å². The second-order valence-corrected chi connectivity index (χ2v) is 10.3. The van der Waals surface area contributed by atoms with Crippen LogP contribution in [0.5, 0.6) is 0 Å². The summed E-state index contributed by atoms with van der Waals surface area (Å²) < 4.78 is 78.3. The molecule has 30 heavy (non-hydrogen) atoms. The summed E-state index contributed by atoms with van der Waals surface area (Å²) >= 11 is 4.76. The Morgan fingerprint density at radius 3 is 2.33 bits per heavy atom. The number of nitrogens with one attached hydrogen (secondary N) is 1. The third-order valence-electron chi connectivity index (χ3n) is 3.38. The number of aliphatic hydroxyl groups excluding tert-OH is 1. The van der Waals surface area contributed by atoms with Crippen LogP contribution in [-0.4, -0.2) is 59.0 Å². The fourth-order valence-corrected chi connectivity index (χ4v) is 5.60. The predicted octanol–water partition coefficient (Wildman–Crippen LogP) is 0.143. The largest absolute Gasteiger partial charge is 0.490 e. The average molecular weight is 520 g/mol. The average Bonchev–Trinajstić information content (AvgIpc) is 2.76. The Morgan fingerprint density at radius 2 is 1.83 bits per heavy atom. The lowest BCUT2D eigenvalue weighted by Gasteiger charge is -2.26. The lowest BCUT2D eigenvalue weighted by molar-refractivity contribution is -0.135. The van der Waals surface area contributed by atoms with Crippen molar-refractivity contribution in [1.82, 2.24) is 9.55 Å². The number of aromatic nitrogens is 2. The van der Waals surface area contributed by atoms with Crippen LogP contribution in [-0.2, 0) is 31.6 Å². The highest BCUT2D eigenvalue weighted by atomic mass is 32.1. The molecule has 21 heteroatoms. The maximum absolute atomic E-state index is 15.0. The topological polar surface area (TPSA) is 227 Å².